The lowest BCUT2D eigenvalue weighted by atomic mass is 10.0. The van der Waals surface area contributed by atoms with Gasteiger partial charge < -0.3 is 4.90 Å². The summed E-state index contributed by atoms with van der Waals surface area (Å²) < 4.78 is 16.0. The van der Waals surface area contributed by atoms with Crippen molar-refractivity contribution in [2.75, 3.05) is 13.1 Å². The summed E-state index contributed by atoms with van der Waals surface area (Å²) in [7, 11) is 0. The van der Waals surface area contributed by atoms with Gasteiger partial charge in [0, 0.05) is 23.9 Å². The average Bonchev–Trinajstić information content (AvgIpc) is 3.01. The summed E-state index contributed by atoms with van der Waals surface area (Å²) in [5.41, 5.74) is 1.02. The number of nitrogens with zero attached hydrogens (tertiary/aromatic N) is 3. The molecule has 158 valence electrons. The van der Waals surface area contributed by atoms with Crippen LogP contribution in [0.1, 0.15) is 65.3 Å². The van der Waals surface area contributed by atoms with Gasteiger partial charge >= 0.3 is 0 Å². The highest BCUT2D eigenvalue weighted by Crippen LogP contribution is 2.31. The Kier molecular flexibility index (Phi) is 5.49. The van der Waals surface area contributed by atoms with Crippen LogP contribution in [0.25, 0.3) is 10.2 Å². The Morgan fingerprint density at radius 1 is 1.27 bits per heavy atom. The molecule has 0 spiro atoms. The van der Waals surface area contributed by atoms with Crippen LogP contribution in [0.15, 0.2) is 29.1 Å². The molecule has 0 saturated carbocycles. The van der Waals surface area contributed by atoms with Crippen molar-refractivity contribution in [3.8, 4) is 0 Å². The summed E-state index contributed by atoms with van der Waals surface area (Å²) in [4.78, 5) is 34.9. The van der Waals surface area contributed by atoms with Crippen molar-refractivity contribution in [3.63, 3.8) is 0 Å². The minimum atomic E-state index is -0.517. The fraction of sp³-hybridized carbons (Fsp3) is 0.435. The lowest BCUT2D eigenvalue weighted by Gasteiger charge is -2.35. The summed E-state index contributed by atoms with van der Waals surface area (Å²) in [6.45, 7) is 8.97. The smallest absolute Gasteiger partial charge is 0.262 e. The highest BCUT2D eigenvalue weighted by Gasteiger charge is 2.30. The molecule has 1 aliphatic heterocycles. The summed E-state index contributed by atoms with van der Waals surface area (Å²) in [6, 6.07) is 5.88. The van der Waals surface area contributed by atoms with E-state index in [0.29, 0.717) is 18.5 Å². The maximum atomic E-state index is 14.2. The first kappa shape index (κ1) is 20.7. The van der Waals surface area contributed by atoms with Crippen LogP contribution in [-0.2, 0) is 0 Å². The fourth-order valence-corrected chi connectivity index (χ4v) is 5.26. The molecule has 0 unspecified atom stereocenters. The predicted molar refractivity (Wildman–Crippen MR) is 118 cm³/mol. The van der Waals surface area contributed by atoms with Gasteiger partial charge in [0.05, 0.1) is 17.0 Å². The van der Waals surface area contributed by atoms with E-state index in [1.165, 1.54) is 12.1 Å². The Balaban J connectivity index is 1.76. The van der Waals surface area contributed by atoms with Crippen molar-refractivity contribution in [1.82, 2.24) is 14.5 Å². The molecule has 4 rings (SSSR count). The number of benzene rings is 1. The molecule has 1 fully saturated rings. The van der Waals surface area contributed by atoms with Crippen molar-refractivity contribution in [3.05, 3.63) is 62.3 Å². The van der Waals surface area contributed by atoms with Crippen LogP contribution in [-0.4, -0.2) is 33.4 Å². The number of carbonyl (C=O) groups is 1. The van der Waals surface area contributed by atoms with Gasteiger partial charge in [-0.05, 0) is 44.4 Å². The molecule has 1 atom stereocenters. The van der Waals surface area contributed by atoms with Gasteiger partial charge in [-0.15, -0.1) is 11.3 Å². The van der Waals surface area contributed by atoms with Gasteiger partial charge in [-0.25, -0.2) is 9.37 Å². The summed E-state index contributed by atoms with van der Waals surface area (Å²) in [5, 5.41) is 0.680. The van der Waals surface area contributed by atoms with E-state index in [4.69, 9.17) is 4.98 Å². The molecule has 1 amide bonds. The molecule has 5 nitrogen and oxygen atoms in total. The van der Waals surface area contributed by atoms with Crippen molar-refractivity contribution in [2.24, 2.45) is 0 Å². The molecule has 7 heteroatoms. The van der Waals surface area contributed by atoms with Crippen molar-refractivity contribution in [1.29, 1.82) is 0 Å². The number of likely N-dealkylation sites (tertiary alicyclic amines) is 1. The molecule has 0 bridgehead atoms. The van der Waals surface area contributed by atoms with Gasteiger partial charge in [-0.1, -0.05) is 26.0 Å². The molecule has 1 saturated heterocycles. The van der Waals surface area contributed by atoms with Crippen LogP contribution in [0.2, 0.25) is 0 Å². The normalized spacial score (nSPS) is 17.1. The Morgan fingerprint density at radius 2 is 2.00 bits per heavy atom. The largest absolute Gasteiger partial charge is 0.336 e. The third-order valence-corrected chi connectivity index (χ3v) is 7.03. The monoisotopic (exact) mass is 427 g/mol. The second-order valence-electron chi connectivity index (χ2n) is 8.29. The number of hydrogen-bond acceptors (Lipinski definition) is 4. The van der Waals surface area contributed by atoms with E-state index in [0.717, 1.165) is 33.9 Å². The Labute approximate surface area is 179 Å². The molecular weight excluding hydrogens is 401 g/mol. The van der Waals surface area contributed by atoms with E-state index in [2.05, 4.69) is 0 Å². The number of amides is 1. The SMILES string of the molecule is Cc1sc2nc(C(C)C)n([C@@H]3CCCN(C(=O)c4ccccc4F)C3)c(=O)c2c1C. The fourth-order valence-electron chi connectivity index (χ4n) is 4.24. The summed E-state index contributed by atoms with van der Waals surface area (Å²) in [6.07, 6.45) is 1.55. The highest BCUT2D eigenvalue weighted by molar-refractivity contribution is 7.18. The molecule has 30 heavy (non-hydrogen) atoms. The predicted octanol–water partition coefficient (Wildman–Crippen LogP) is 4.81. The molecule has 0 radical (unpaired) electrons. The Bertz CT molecular complexity index is 1180. The van der Waals surface area contributed by atoms with E-state index in [-0.39, 0.29) is 29.0 Å². The van der Waals surface area contributed by atoms with Gasteiger partial charge in [0.15, 0.2) is 0 Å². The lowest BCUT2D eigenvalue weighted by molar-refractivity contribution is 0.0670. The number of piperidine rings is 1. The van der Waals surface area contributed by atoms with Gasteiger partial charge in [0.2, 0.25) is 0 Å². The summed E-state index contributed by atoms with van der Waals surface area (Å²) in [5.74, 6) is -0.0212. The molecule has 0 N–H and O–H groups in total. The zero-order valence-corrected chi connectivity index (χ0v) is 18.6. The van der Waals surface area contributed by atoms with Crippen LogP contribution in [0.5, 0.6) is 0 Å². The minimum absolute atomic E-state index is 0.0317. The Morgan fingerprint density at radius 3 is 2.70 bits per heavy atom. The topological polar surface area (TPSA) is 55.2 Å². The van der Waals surface area contributed by atoms with E-state index >= 15 is 0 Å². The number of aromatic nitrogens is 2. The van der Waals surface area contributed by atoms with E-state index in [9.17, 15) is 14.0 Å². The average molecular weight is 428 g/mol. The third kappa shape index (κ3) is 3.45. The maximum Gasteiger partial charge on any atom is 0.262 e. The van der Waals surface area contributed by atoms with E-state index < -0.39 is 5.82 Å². The van der Waals surface area contributed by atoms with Gasteiger partial charge in [0.25, 0.3) is 11.5 Å². The van der Waals surface area contributed by atoms with Crippen LogP contribution >= 0.6 is 11.3 Å². The van der Waals surface area contributed by atoms with Gasteiger partial charge in [0.1, 0.15) is 16.5 Å². The first-order valence-electron chi connectivity index (χ1n) is 10.4. The molecule has 3 heterocycles. The standard InChI is InChI=1S/C23H26FN3O2S/c1-13(2)20-25-21-19(14(3)15(4)30-21)23(29)27(20)16-8-7-11-26(12-16)22(28)17-9-5-6-10-18(17)24/h5-6,9-10,13,16H,7-8,11-12H2,1-4H3/t16-/m1/s1. The van der Waals surface area contributed by atoms with Crippen molar-refractivity contribution in [2.45, 2.75) is 52.5 Å². The molecule has 1 aromatic carbocycles. The number of hydrogen-bond donors (Lipinski definition) is 0. The zero-order chi connectivity index (χ0) is 21.6. The van der Waals surface area contributed by atoms with Gasteiger partial charge in [-0.3, -0.25) is 14.2 Å². The molecular formula is C23H26FN3O2S. The number of aryl methyl sites for hydroxylation is 2. The Hall–Kier alpha value is -2.54. The van der Waals surface area contributed by atoms with Crippen LogP contribution in [0.4, 0.5) is 4.39 Å². The lowest BCUT2D eigenvalue weighted by Crippen LogP contribution is -2.44. The quantitative estimate of drug-likeness (QED) is 0.602. The highest BCUT2D eigenvalue weighted by atomic mass is 32.1. The van der Waals surface area contributed by atoms with E-state index in [1.807, 2.05) is 27.7 Å². The first-order valence-corrected chi connectivity index (χ1v) is 11.2. The zero-order valence-electron chi connectivity index (χ0n) is 17.7. The van der Waals surface area contributed by atoms with Crippen molar-refractivity contribution >= 4 is 27.5 Å². The third-order valence-electron chi connectivity index (χ3n) is 5.93. The number of rotatable bonds is 3. The molecule has 0 aliphatic carbocycles. The number of halogens is 1. The number of carbonyl (C=O) groups excluding carboxylic acids is 1. The molecule has 2 aromatic heterocycles. The summed E-state index contributed by atoms with van der Waals surface area (Å²) >= 11 is 1.55. The number of fused-ring (bicyclic) bond motifs is 1. The molecule has 3 aromatic rings. The van der Waals surface area contributed by atoms with Crippen molar-refractivity contribution < 1.29 is 9.18 Å². The second kappa shape index (κ2) is 7.95. The van der Waals surface area contributed by atoms with Crippen LogP contribution < -0.4 is 5.56 Å². The van der Waals surface area contributed by atoms with Crippen LogP contribution in [0, 0.1) is 19.7 Å². The minimum Gasteiger partial charge on any atom is -0.336 e. The van der Waals surface area contributed by atoms with E-state index in [1.54, 1.807) is 32.9 Å². The number of thiophene rings is 1. The first-order chi connectivity index (χ1) is 14.3. The second-order valence-corrected chi connectivity index (χ2v) is 9.49. The van der Waals surface area contributed by atoms with Gasteiger partial charge in [-0.2, -0.15) is 0 Å². The van der Waals surface area contributed by atoms with Crippen LogP contribution in [0.3, 0.4) is 0 Å². The maximum absolute atomic E-state index is 14.2. The molecule has 1 aliphatic rings.